The van der Waals surface area contributed by atoms with Crippen LogP contribution in [0.2, 0.25) is 0 Å². The van der Waals surface area contributed by atoms with Crippen molar-refractivity contribution in [3.05, 3.63) is 11.6 Å². The van der Waals surface area contributed by atoms with Gasteiger partial charge in [-0.15, -0.1) is 0 Å². The predicted octanol–water partition coefficient (Wildman–Crippen LogP) is 4.00. The van der Waals surface area contributed by atoms with E-state index in [0.29, 0.717) is 18.8 Å². The van der Waals surface area contributed by atoms with Gasteiger partial charge in [-0.1, -0.05) is 26.3 Å². The van der Waals surface area contributed by atoms with Gasteiger partial charge in [0.1, 0.15) is 6.29 Å². The summed E-state index contributed by atoms with van der Waals surface area (Å²) in [6.45, 7) is 7.89. The Balaban J connectivity index is 4.54. The van der Waals surface area contributed by atoms with Crippen molar-refractivity contribution in [3.63, 3.8) is 0 Å². The lowest BCUT2D eigenvalue weighted by Crippen LogP contribution is -2.22. The van der Waals surface area contributed by atoms with E-state index in [1.807, 2.05) is 6.92 Å². The molecule has 0 aromatic carbocycles. The van der Waals surface area contributed by atoms with Crippen LogP contribution in [0.3, 0.4) is 0 Å². The Bertz CT molecular complexity index is 307. The van der Waals surface area contributed by atoms with Gasteiger partial charge in [0.15, 0.2) is 0 Å². The Labute approximate surface area is 141 Å². The van der Waals surface area contributed by atoms with Crippen molar-refractivity contribution < 1.29 is 18.5 Å². The van der Waals surface area contributed by atoms with Crippen LogP contribution >= 0.6 is 12.9 Å². The van der Waals surface area contributed by atoms with Gasteiger partial charge in [0.25, 0.3) is 0 Å². The fraction of sp³-hybridized carbons (Fsp3) is 0.824. The van der Waals surface area contributed by atoms with Gasteiger partial charge in [-0.25, -0.2) is 0 Å². The number of ether oxygens (including phenoxy) is 2. The number of methoxy groups -OCH3 is 1. The van der Waals surface area contributed by atoms with Gasteiger partial charge in [-0.05, 0) is 38.2 Å². The first kappa shape index (κ1) is 21.6. The van der Waals surface area contributed by atoms with E-state index >= 15 is 0 Å². The Morgan fingerprint density at radius 2 is 2.05 bits per heavy atom. The second-order valence-electron chi connectivity index (χ2n) is 5.60. The standard InChI is InChI=1S/C17H32O4S/c1-5-7-10-20-13-15(6-2)11-14(3)17(21-22)12-16(19-4)8-9-18/h9,11,15-17,22H,5-8,10,12-13H2,1-4H3/b14-11-/t15-,16+,17+/m1/s1. The Hall–Kier alpha value is -0.360. The minimum Gasteiger partial charge on any atom is -0.381 e. The first-order chi connectivity index (χ1) is 10.6. The summed E-state index contributed by atoms with van der Waals surface area (Å²) >= 11 is 3.97. The maximum absolute atomic E-state index is 10.6. The van der Waals surface area contributed by atoms with Crippen molar-refractivity contribution in [1.82, 2.24) is 0 Å². The van der Waals surface area contributed by atoms with Crippen LogP contribution in [0.25, 0.3) is 0 Å². The summed E-state index contributed by atoms with van der Waals surface area (Å²) in [4.78, 5) is 10.6. The summed E-state index contributed by atoms with van der Waals surface area (Å²) in [5.41, 5.74) is 1.11. The third-order valence-corrected chi connectivity index (χ3v) is 4.06. The maximum Gasteiger partial charge on any atom is 0.122 e. The van der Waals surface area contributed by atoms with E-state index in [9.17, 15) is 4.79 Å². The van der Waals surface area contributed by atoms with Gasteiger partial charge >= 0.3 is 0 Å². The summed E-state index contributed by atoms with van der Waals surface area (Å²) in [5.74, 6) is 0.370. The quantitative estimate of drug-likeness (QED) is 0.172. The number of unbranched alkanes of at least 4 members (excludes halogenated alkanes) is 1. The highest BCUT2D eigenvalue weighted by Crippen LogP contribution is 2.20. The van der Waals surface area contributed by atoms with Gasteiger partial charge in [0.05, 0.1) is 18.8 Å². The van der Waals surface area contributed by atoms with E-state index in [1.165, 1.54) is 0 Å². The summed E-state index contributed by atoms with van der Waals surface area (Å²) in [5, 5.41) is 0. The molecule has 0 N–H and O–H groups in total. The third kappa shape index (κ3) is 9.62. The second-order valence-corrected chi connectivity index (χ2v) is 5.81. The molecular formula is C17H32O4S. The van der Waals surface area contributed by atoms with Crippen molar-refractivity contribution in [2.24, 2.45) is 5.92 Å². The van der Waals surface area contributed by atoms with Gasteiger partial charge in [-0.3, -0.25) is 0 Å². The van der Waals surface area contributed by atoms with E-state index in [-0.39, 0.29) is 12.2 Å². The predicted molar refractivity (Wildman–Crippen MR) is 93.2 cm³/mol. The molecular weight excluding hydrogens is 300 g/mol. The smallest absolute Gasteiger partial charge is 0.122 e. The van der Waals surface area contributed by atoms with Crippen molar-refractivity contribution >= 4 is 19.2 Å². The molecule has 0 aliphatic rings. The molecule has 130 valence electrons. The van der Waals surface area contributed by atoms with Gasteiger partial charge in [0.2, 0.25) is 0 Å². The van der Waals surface area contributed by atoms with E-state index in [4.69, 9.17) is 13.7 Å². The second kappa shape index (κ2) is 14.2. The summed E-state index contributed by atoms with van der Waals surface area (Å²) in [6, 6.07) is 0. The molecule has 22 heavy (non-hydrogen) atoms. The monoisotopic (exact) mass is 332 g/mol. The number of rotatable bonds is 14. The van der Waals surface area contributed by atoms with Crippen LogP contribution < -0.4 is 0 Å². The normalized spacial score (nSPS) is 16.3. The van der Waals surface area contributed by atoms with Crippen LogP contribution in [0.5, 0.6) is 0 Å². The molecule has 0 saturated heterocycles. The first-order valence-corrected chi connectivity index (χ1v) is 8.51. The molecule has 0 aromatic heterocycles. The lowest BCUT2D eigenvalue weighted by molar-refractivity contribution is -0.110. The topological polar surface area (TPSA) is 44.8 Å². The van der Waals surface area contributed by atoms with E-state index in [2.05, 4.69) is 32.8 Å². The largest absolute Gasteiger partial charge is 0.381 e. The van der Waals surface area contributed by atoms with Crippen molar-refractivity contribution in [2.45, 2.75) is 65.1 Å². The lowest BCUT2D eigenvalue weighted by Gasteiger charge is -2.22. The van der Waals surface area contributed by atoms with Crippen LogP contribution in [0, 0.1) is 5.92 Å². The average molecular weight is 333 g/mol. The highest BCUT2D eigenvalue weighted by molar-refractivity contribution is 7.75. The lowest BCUT2D eigenvalue weighted by atomic mass is 9.98. The van der Waals surface area contributed by atoms with Crippen LogP contribution in [0.4, 0.5) is 0 Å². The molecule has 0 amide bonds. The molecule has 0 radical (unpaired) electrons. The number of thiol groups is 1. The molecule has 0 saturated carbocycles. The van der Waals surface area contributed by atoms with Gasteiger partial charge in [-0.2, -0.15) is 0 Å². The molecule has 4 nitrogen and oxygen atoms in total. The molecule has 0 bridgehead atoms. The molecule has 0 unspecified atom stereocenters. The summed E-state index contributed by atoms with van der Waals surface area (Å²) in [6.07, 6.45) is 7.03. The van der Waals surface area contributed by atoms with E-state index in [1.54, 1.807) is 7.11 Å². The van der Waals surface area contributed by atoms with Crippen molar-refractivity contribution in [2.75, 3.05) is 20.3 Å². The molecule has 0 fully saturated rings. The SMILES string of the molecule is CCCCOC[C@@H](/C=C(/C)[C@H](C[C@H](CC=O)OC)OS)CC. The van der Waals surface area contributed by atoms with Gasteiger partial charge in [0, 0.05) is 32.5 Å². The van der Waals surface area contributed by atoms with Crippen LogP contribution in [-0.4, -0.2) is 38.8 Å². The number of hydrogen-bond donors (Lipinski definition) is 1. The zero-order valence-corrected chi connectivity index (χ0v) is 15.3. The number of hydrogen-bond acceptors (Lipinski definition) is 5. The summed E-state index contributed by atoms with van der Waals surface area (Å²) < 4.78 is 16.3. The number of carbonyl (C=O) groups excluding carboxylic acids is 1. The van der Waals surface area contributed by atoms with Crippen LogP contribution in [-0.2, 0) is 18.5 Å². The average Bonchev–Trinajstić information content (AvgIpc) is 2.53. The van der Waals surface area contributed by atoms with Crippen molar-refractivity contribution in [3.8, 4) is 0 Å². The third-order valence-electron chi connectivity index (χ3n) is 3.80. The number of carbonyl (C=O) groups is 1. The fourth-order valence-electron chi connectivity index (χ4n) is 2.19. The maximum atomic E-state index is 10.6. The molecule has 0 spiro atoms. The highest BCUT2D eigenvalue weighted by Gasteiger charge is 2.18. The molecule has 5 heteroatoms. The minimum atomic E-state index is -0.155. The zero-order valence-electron chi connectivity index (χ0n) is 14.4. The van der Waals surface area contributed by atoms with E-state index in [0.717, 1.165) is 44.3 Å². The Morgan fingerprint density at radius 1 is 1.32 bits per heavy atom. The van der Waals surface area contributed by atoms with Crippen molar-refractivity contribution in [1.29, 1.82) is 0 Å². The Kier molecular flexibility index (Phi) is 14.0. The molecule has 3 atom stereocenters. The fourth-order valence-corrected chi connectivity index (χ4v) is 2.44. The summed E-state index contributed by atoms with van der Waals surface area (Å²) in [7, 11) is 1.61. The van der Waals surface area contributed by atoms with E-state index < -0.39 is 0 Å². The van der Waals surface area contributed by atoms with Crippen LogP contribution in [0.15, 0.2) is 11.6 Å². The molecule has 0 aliphatic heterocycles. The Morgan fingerprint density at radius 3 is 2.55 bits per heavy atom. The molecule has 0 rings (SSSR count). The zero-order chi connectivity index (χ0) is 16.8. The minimum absolute atomic E-state index is 0.140. The highest BCUT2D eigenvalue weighted by atomic mass is 32.1. The molecule has 0 aromatic rings. The number of aldehydes is 1. The molecule has 0 aliphatic carbocycles. The van der Waals surface area contributed by atoms with Crippen LogP contribution in [0.1, 0.15) is 52.9 Å². The first-order valence-electron chi connectivity index (χ1n) is 8.15. The molecule has 0 heterocycles. The van der Waals surface area contributed by atoms with Gasteiger partial charge < -0.3 is 18.5 Å².